The minimum atomic E-state index is -4.72. The highest BCUT2D eigenvalue weighted by Gasteiger charge is 2.33. The second-order valence-electron chi connectivity index (χ2n) is 6.75. The van der Waals surface area contributed by atoms with Crippen LogP contribution in [0.1, 0.15) is 18.1 Å². The number of anilines is 1. The molecular weight excluding hydrogens is 488 g/mol. The fourth-order valence-electron chi connectivity index (χ4n) is 2.93. The summed E-state index contributed by atoms with van der Waals surface area (Å²) in [6.45, 7) is 0.751. The van der Waals surface area contributed by atoms with E-state index in [9.17, 15) is 27.6 Å². The van der Waals surface area contributed by atoms with Crippen molar-refractivity contribution < 1.29 is 22.7 Å². The Hall–Kier alpha value is -3.31. The molecule has 0 bridgehead atoms. The first-order valence-corrected chi connectivity index (χ1v) is 9.89. The lowest BCUT2D eigenvalue weighted by Crippen LogP contribution is -2.41. The number of alkyl halides is 3. The number of rotatable bonds is 5. The van der Waals surface area contributed by atoms with Crippen molar-refractivity contribution in [2.45, 2.75) is 19.6 Å². The van der Waals surface area contributed by atoms with Gasteiger partial charge in [-0.15, -0.1) is 5.10 Å². The standard InChI is InChI=1S/C20H15Cl2F3N4O4/c1-10(30)26-16-8-12(4-6-15(16)22)29-19(32)28(18(31)17(27-29)33-2)9-11-3-5-14(21)13(7-11)20(23,24)25/h3-8H,9H2,1-2H3,(H,26,30). The Morgan fingerprint density at radius 3 is 2.39 bits per heavy atom. The Morgan fingerprint density at radius 2 is 1.79 bits per heavy atom. The summed E-state index contributed by atoms with van der Waals surface area (Å²) in [5, 5.41) is 6.03. The van der Waals surface area contributed by atoms with Crippen LogP contribution in [0, 0.1) is 0 Å². The van der Waals surface area contributed by atoms with Crippen LogP contribution in [-0.4, -0.2) is 27.4 Å². The lowest BCUT2D eigenvalue weighted by atomic mass is 10.1. The number of nitrogens with zero attached hydrogens (tertiary/aromatic N) is 3. The summed E-state index contributed by atoms with van der Waals surface area (Å²) in [7, 11) is 1.15. The van der Waals surface area contributed by atoms with Gasteiger partial charge in [-0.25, -0.2) is 9.36 Å². The third-order valence-corrected chi connectivity index (χ3v) is 5.07. The van der Waals surface area contributed by atoms with Crippen molar-refractivity contribution in [3.63, 3.8) is 0 Å². The average molecular weight is 503 g/mol. The van der Waals surface area contributed by atoms with Gasteiger partial charge in [0.15, 0.2) is 0 Å². The van der Waals surface area contributed by atoms with Gasteiger partial charge >= 0.3 is 17.4 Å². The highest BCUT2D eigenvalue weighted by molar-refractivity contribution is 6.33. The van der Waals surface area contributed by atoms with Gasteiger partial charge in [0.1, 0.15) is 0 Å². The fourth-order valence-corrected chi connectivity index (χ4v) is 3.32. The topological polar surface area (TPSA) is 95.2 Å². The van der Waals surface area contributed by atoms with Gasteiger partial charge in [-0.1, -0.05) is 29.3 Å². The van der Waals surface area contributed by atoms with Crippen LogP contribution in [0.15, 0.2) is 46.0 Å². The number of methoxy groups -OCH3 is 1. The van der Waals surface area contributed by atoms with E-state index in [4.69, 9.17) is 27.9 Å². The van der Waals surface area contributed by atoms with Crippen LogP contribution >= 0.6 is 23.2 Å². The van der Waals surface area contributed by atoms with Crippen molar-refractivity contribution in [1.82, 2.24) is 14.3 Å². The van der Waals surface area contributed by atoms with Gasteiger partial charge in [-0.05, 0) is 35.9 Å². The molecule has 0 aliphatic carbocycles. The van der Waals surface area contributed by atoms with E-state index in [1.54, 1.807) is 0 Å². The third-order valence-electron chi connectivity index (χ3n) is 4.41. The van der Waals surface area contributed by atoms with Gasteiger partial charge < -0.3 is 10.1 Å². The summed E-state index contributed by atoms with van der Waals surface area (Å²) in [6.07, 6.45) is -4.72. The quantitative estimate of drug-likeness (QED) is 0.573. The number of hydrogen-bond donors (Lipinski definition) is 1. The highest BCUT2D eigenvalue weighted by Crippen LogP contribution is 2.35. The van der Waals surface area contributed by atoms with Crippen LogP contribution < -0.4 is 21.3 Å². The number of nitrogens with one attached hydrogen (secondary N) is 1. The normalized spacial score (nSPS) is 11.4. The summed E-state index contributed by atoms with van der Waals surface area (Å²) in [5.41, 5.74) is -2.71. The van der Waals surface area contributed by atoms with Crippen molar-refractivity contribution in [2.75, 3.05) is 12.4 Å². The van der Waals surface area contributed by atoms with Crippen LogP contribution in [0.5, 0.6) is 5.88 Å². The molecule has 0 radical (unpaired) electrons. The van der Waals surface area contributed by atoms with E-state index in [0.29, 0.717) is 4.57 Å². The monoisotopic (exact) mass is 502 g/mol. The SMILES string of the molecule is COc1nn(-c2ccc(Cl)c(NC(C)=O)c2)c(=O)n(Cc2ccc(Cl)c(C(F)(F)F)c2)c1=O. The number of hydrogen-bond acceptors (Lipinski definition) is 5. The summed E-state index contributed by atoms with van der Waals surface area (Å²) < 4.78 is 46.0. The first-order chi connectivity index (χ1) is 15.4. The zero-order valence-corrected chi connectivity index (χ0v) is 18.5. The molecule has 0 spiro atoms. The molecule has 0 unspecified atom stereocenters. The molecule has 1 heterocycles. The molecular formula is C20H15Cl2F3N4O4. The second-order valence-corrected chi connectivity index (χ2v) is 7.57. The molecule has 0 saturated carbocycles. The molecule has 0 aliphatic heterocycles. The largest absolute Gasteiger partial charge is 0.476 e. The molecule has 2 aromatic carbocycles. The number of benzene rings is 2. The fraction of sp³-hybridized carbons (Fsp3) is 0.200. The maximum Gasteiger partial charge on any atom is 0.417 e. The maximum absolute atomic E-state index is 13.2. The van der Waals surface area contributed by atoms with Crippen molar-refractivity contribution in [1.29, 1.82) is 0 Å². The van der Waals surface area contributed by atoms with Gasteiger partial charge in [0.25, 0.3) is 5.88 Å². The summed E-state index contributed by atoms with van der Waals surface area (Å²) >= 11 is 11.7. The molecule has 3 aromatic rings. The highest BCUT2D eigenvalue weighted by atomic mass is 35.5. The summed E-state index contributed by atoms with van der Waals surface area (Å²) in [5.74, 6) is -0.893. The van der Waals surface area contributed by atoms with Crippen LogP contribution in [0.25, 0.3) is 5.69 Å². The Kier molecular flexibility index (Phi) is 6.84. The number of ether oxygens (including phenoxy) is 1. The lowest BCUT2D eigenvalue weighted by molar-refractivity contribution is -0.137. The van der Waals surface area contributed by atoms with Crippen LogP contribution in [0.2, 0.25) is 10.0 Å². The first-order valence-electron chi connectivity index (χ1n) is 9.13. The summed E-state index contributed by atoms with van der Waals surface area (Å²) in [4.78, 5) is 37.1. The lowest BCUT2D eigenvalue weighted by Gasteiger charge is -2.14. The number of halogens is 5. The van der Waals surface area contributed by atoms with E-state index in [-0.39, 0.29) is 22.0 Å². The van der Waals surface area contributed by atoms with Crippen molar-refractivity contribution in [2.24, 2.45) is 0 Å². The molecule has 0 atom stereocenters. The van der Waals surface area contributed by atoms with Crippen LogP contribution in [-0.2, 0) is 17.5 Å². The first kappa shape index (κ1) is 24.3. The van der Waals surface area contributed by atoms with Gasteiger partial charge in [-0.2, -0.15) is 17.9 Å². The van der Waals surface area contributed by atoms with E-state index in [1.807, 2.05) is 0 Å². The van der Waals surface area contributed by atoms with Gasteiger partial charge in [0.2, 0.25) is 5.91 Å². The minimum absolute atomic E-state index is 0.000713. The third kappa shape index (κ3) is 5.20. The molecule has 33 heavy (non-hydrogen) atoms. The molecule has 8 nitrogen and oxygen atoms in total. The van der Waals surface area contributed by atoms with Gasteiger partial charge in [0.05, 0.1) is 40.6 Å². The smallest absolute Gasteiger partial charge is 0.417 e. The van der Waals surface area contributed by atoms with Gasteiger partial charge in [0, 0.05) is 6.92 Å². The van der Waals surface area contributed by atoms with E-state index >= 15 is 0 Å². The predicted molar refractivity (Wildman–Crippen MR) is 116 cm³/mol. The Balaban J connectivity index is 2.16. The molecule has 13 heteroatoms. The molecule has 0 aliphatic rings. The van der Waals surface area contributed by atoms with Crippen molar-refractivity contribution in [3.05, 3.63) is 78.4 Å². The number of carbonyl (C=O) groups excluding carboxylic acids is 1. The summed E-state index contributed by atoms with van der Waals surface area (Å²) in [6, 6.07) is 7.19. The molecule has 0 saturated heterocycles. The Labute approximate surface area is 194 Å². The van der Waals surface area contributed by atoms with E-state index in [1.165, 1.54) is 31.2 Å². The molecule has 3 rings (SSSR count). The molecule has 1 N–H and O–H groups in total. The van der Waals surface area contributed by atoms with Gasteiger partial charge in [-0.3, -0.25) is 9.59 Å². The Bertz CT molecular complexity index is 1350. The molecule has 0 fully saturated rings. The van der Waals surface area contributed by atoms with Crippen molar-refractivity contribution >= 4 is 34.8 Å². The van der Waals surface area contributed by atoms with Crippen molar-refractivity contribution in [3.8, 4) is 11.6 Å². The Morgan fingerprint density at radius 1 is 1.12 bits per heavy atom. The zero-order chi connectivity index (χ0) is 24.5. The number of carbonyl (C=O) groups is 1. The average Bonchev–Trinajstić information content (AvgIpc) is 2.73. The predicted octanol–water partition coefficient (Wildman–Crippen LogP) is 3.74. The molecule has 1 amide bonds. The molecule has 174 valence electrons. The van der Waals surface area contributed by atoms with Crippen LogP contribution in [0.3, 0.4) is 0 Å². The van der Waals surface area contributed by atoms with Crippen LogP contribution in [0.4, 0.5) is 18.9 Å². The maximum atomic E-state index is 13.2. The minimum Gasteiger partial charge on any atom is -0.476 e. The number of aromatic nitrogens is 3. The van der Waals surface area contributed by atoms with E-state index < -0.39 is 46.3 Å². The molecule has 1 aromatic heterocycles. The number of amides is 1. The van der Waals surface area contributed by atoms with E-state index in [0.717, 1.165) is 23.9 Å². The van der Waals surface area contributed by atoms with E-state index in [2.05, 4.69) is 10.4 Å². The zero-order valence-electron chi connectivity index (χ0n) is 17.0. The second kappa shape index (κ2) is 9.28.